The molecule has 0 aliphatic heterocycles. The third-order valence-electron chi connectivity index (χ3n) is 2.37. The number of halogens is 3. The van der Waals surface area contributed by atoms with Crippen molar-refractivity contribution in [2.45, 2.75) is 38.9 Å². The molecule has 0 saturated heterocycles. The van der Waals surface area contributed by atoms with Crippen molar-refractivity contribution >= 4 is 0 Å². The van der Waals surface area contributed by atoms with E-state index in [2.05, 4.69) is 0 Å². The van der Waals surface area contributed by atoms with Crippen LogP contribution in [-0.2, 0) is 12.6 Å². The third kappa shape index (κ3) is 4.22. The fourth-order valence-corrected chi connectivity index (χ4v) is 1.64. The maximum Gasteiger partial charge on any atom is 0.419 e. The summed E-state index contributed by atoms with van der Waals surface area (Å²) in [5.41, 5.74) is 5.43. The number of hydrogen-bond donors (Lipinski definition) is 1. The van der Waals surface area contributed by atoms with E-state index in [4.69, 9.17) is 10.5 Å². The van der Waals surface area contributed by atoms with Crippen LogP contribution in [0.5, 0.6) is 5.75 Å². The van der Waals surface area contributed by atoms with Crippen molar-refractivity contribution in [2.24, 2.45) is 5.73 Å². The van der Waals surface area contributed by atoms with Crippen LogP contribution in [0.2, 0.25) is 0 Å². The van der Waals surface area contributed by atoms with Gasteiger partial charge in [-0.1, -0.05) is 13.0 Å². The normalized spacial score (nSPS) is 13.4. The lowest BCUT2D eigenvalue weighted by atomic mass is 10.0. The second-order valence-corrected chi connectivity index (χ2v) is 4.36. The van der Waals surface area contributed by atoms with Crippen LogP contribution >= 0.6 is 0 Å². The van der Waals surface area contributed by atoms with Crippen molar-refractivity contribution in [1.82, 2.24) is 0 Å². The number of rotatable bonds is 5. The second-order valence-electron chi connectivity index (χ2n) is 4.36. The lowest BCUT2D eigenvalue weighted by Crippen LogP contribution is -2.18. The average Bonchev–Trinajstić information content (AvgIpc) is 2.25. The van der Waals surface area contributed by atoms with Gasteiger partial charge in [-0.3, -0.25) is 0 Å². The number of alkyl halides is 3. The van der Waals surface area contributed by atoms with E-state index in [9.17, 15) is 13.2 Å². The smallest absolute Gasteiger partial charge is 0.419 e. The van der Waals surface area contributed by atoms with Crippen LogP contribution in [0.15, 0.2) is 18.2 Å². The summed E-state index contributed by atoms with van der Waals surface area (Å²) in [6.45, 7) is 3.88. The van der Waals surface area contributed by atoms with Gasteiger partial charge in [0.25, 0.3) is 0 Å². The molecule has 2 nitrogen and oxygen atoms in total. The highest BCUT2D eigenvalue weighted by Crippen LogP contribution is 2.37. The van der Waals surface area contributed by atoms with Crippen LogP contribution in [0.25, 0.3) is 0 Å². The van der Waals surface area contributed by atoms with Gasteiger partial charge in [0.1, 0.15) is 5.75 Å². The van der Waals surface area contributed by atoms with Gasteiger partial charge in [-0.25, -0.2) is 0 Å². The van der Waals surface area contributed by atoms with E-state index in [1.165, 1.54) is 6.07 Å². The predicted molar refractivity (Wildman–Crippen MR) is 64.6 cm³/mol. The highest BCUT2D eigenvalue weighted by Gasteiger charge is 2.34. The predicted octanol–water partition coefficient (Wildman–Crippen LogP) is 3.38. The standard InChI is InChI=1S/C13H18F3NO/c1-3-6-18-12-5-4-10(7-9(2)17)8-11(12)13(14,15)16/h4-5,8-9H,3,6-7,17H2,1-2H3. The summed E-state index contributed by atoms with van der Waals surface area (Å²) in [7, 11) is 0. The van der Waals surface area contributed by atoms with Crippen molar-refractivity contribution in [3.05, 3.63) is 29.3 Å². The SMILES string of the molecule is CCCOc1ccc(CC(C)N)cc1C(F)(F)F. The Morgan fingerprint density at radius 2 is 2.00 bits per heavy atom. The zero-order valence-corrected chi connectivity index (χ0v) is 10.6. The summed E-state index contributed by atoms with van der Waals surface area (Å²) >= 11 is 0. The largest absolute Gasteiger partial charge is 0.493 e. The Bertz CT molecular complexity index is 388. The second kappa shape index (κ2) is 6.09. The number of ether oxygens (including phenoxy) is 1. The molecule has 18 heavy (non-hydrogen) atoms. The van der Waals surface area contributed by atoms with Gasteiger partial charge in [0.05, 0.1) is 12.2 Å². The molecule has 0 spiro atoms. The summed E-state index contributed by atoms with van der Waals surface area (Å²) in [5.74, 6) is -0.113. The molecule has 0 radical (unpaired) electrons. The van der Waals surface area contributed by atoms with Gasteiger partial charge < -0.3 is 10.5 Å². The molecule has 1 atom stereocenters. The van der Waals surface area contributed by atoms with Gasteiger partial charge in [-0.15, -0.1) is 0 Å². The molecule has 0 fully saturated rings. The number of benzene rings is 1. The monoisotopic (exact) mass is 261 g/mol. The highest BCUT2D eigenvalue weighted by molar-refractivity contribution is 5.39. The first-order valence-electron chi connectivity index (χ1n) is 5.93. The highest BCUT2D eigenvalue weighted by atomic mass is 19.4. The summed E-state index contributed by atoms with van der Waals surface area (Å²) in [4.78, 5) is 0. The molecule has 0 aliphatic rings. The first-order valence-corrected chi connectivity index (χ1v) is 5.93. The molecule has 0 amide bonds. The topological polar surface area (TPSA) is 35.2 Å². The molecule has 1 aromatic rings. The van der Waals surface area contributed by atoms with Gasteiger partial charge >= 0.3 is 6.18 Å². The molecule has 5 heteroatoms. The van der Waals surface area contributed by atoms with Gasteiger partial charge in [0.2, 0.25) is 0 Å². The molecule has 1 aromatic carbocycles. The molecule has 1 unspecified atom stereocenters. The molecule has 0 aromatic heterocycles. The van der Waals surface area contributed by atoms with Crippen LogP contribution in [0, 0.1) is 0 Å². The van der Waals surface area contributed by atoms with Crippen LogP contribution in [0.1, 0.15) is 31.4 Å². The molecule has 0 aliphatic carbocycles. The van der Waals surface area contributed by atoms with Crippen molar-refractivity contribution in [3.8, 4) is 5.75 Å². The quantitative estimate of drug-likeness (QED) is 0.881. The Labute approximate surface area is 105 Å². The minimum atomic E-state index is -4.41. The number of nitrogens with two attached hydrogens (primary N) is 1. The van der Waals surface area contributed by atoms with Gasteiger partial charge in [-0.2, -0.15) is 13.2 Å². The van der Waals surface area contributed by atoms with E-state index < -0.39 is 11.7 Å². The fourth-order valence-electron chi connectivity index (χ4n) is 1.64. The summed E-state index contributed by atoms with van der Waals surface area (Å²) in [6, 6.07) is 3.95. The van der Waals surface area contributed by atoms with Crippen molar-refractivity contribution in [3.63, 3.8) is 0 Å². The van der Waals surface area contributed by atoms with Crippen molar-refractivity contribution in [1.29, 1.82) is 0 Å². The van der Waals surface area contributed by atoms with Gasteiger partial charge in [0, 0.05) is 6.04 Å². The van der Waals surface area contributed by atoms with Crippen LogP contribution in [0.3, 0.4) is 0 Å². The molecule has 102 valence electrons. The van der Waals surface area contributed by atoms with Crippen molar-refractivity contribution in [2.75, 3.05) is 6.61 Å². The molecule has 1 rings (SSSR count). The van der Waals surface area contributed by atoms with Crippen LogP contribution in [-0.4, -0.2) is 12.6 Å². The molecule has 0 heterocycles. The maximum absolute atomic E-state index is 12.9. The molecular weight excluding hydrogens is 243 g/mol. The Morgan fingerprint density at radius 1 is 1.33 bits per heavy atom. The average molecular weight is 261 g/mol. The zero-order chi connectivity index (χ0) is 13.8. The molecular formula is C13H18F3NO. The molecule has 0 bridgehead atoms. The minimum absolute atomic E-state index is 0.113. The summed E-state index contributed by atoms with van der Waals surface area (Å²) in [6.07, 6.45) is -3.33. The van der Waals surface area contributed by atoms with E-state index in [1.54, 1.807) is 13.0 Å². The summed E-state index contributed by atoms with van der Waals surface area (Å²) < 4.78 is 43.8. The van der Waals surface area contributed by atoms with E-state index in [1.807, 2.05) is 6.92 Å². The Kier molecular flexibility index (Phi) is 5.02. The fraction of sp³-hybridized carbons (Fsp3) is 0.538. The lowest BCUT2D eigenvalue weighted by molar-refractivity contribution is -0.139. The van der Waals surface area contributed by atoms with E-state index in [-0.39, 0.29) is 18.4 Å². The van der Waals surface area contributed by atoms with E-state index >= 15 is 0 Å². The van der Waals surface area contributed by atoms with Crippen molar-refractivity contribution < 1.29 is 17.9 Å². The Hall–Kier alpha value is -1.23. The number of hydrogen-bond acceptors (Lipinski definition) is 2. The zero-order valence-electron chi connectivity index (χ0n) is 10.6. The molecule has 0 saturated carbocycles. The van der Waals surface area contributed by atoms with Gasteiger partial charge in [-0.05, 0) is 37.5 Å². The van der Waals surface area contributed by atoms with E-state index in [0.29, 0.717) is 18.4 Å². The maximum atomic E-state index is 12.9. The minimum Gasteiger partial charge on any atom is -0.493 e. The Balaban J connectivity index is 3.04. The third-order valence-corrected chi connectivity index (χ3v) is 2.37. The van der Waals surface area contributed by atoms with Gasteiger partial charge in [0.15, 0.2) is 0 Å². The Morgan fingerprint density at radius 3 is 2.50 bits per heavy atom. The van der Waals surface area contributed by atoms with Crippen LogP contribution in [0.4, 0.5) is 13.2 Å². The first kappa shape index (κ1) is 14.8. The first-order chi connectivity index (χ1) is 8.34. The summed E-state index contributed by atoms with van der Waals surface area (Å²) in [5, 5.41) is 0. The van der Waals surface area contributed by atoms with E-state index in [0.717, 1.165) is 6.07 Å². The molecule has 2 N–H and O–H groups in total. The van der Waals surface area contributed by atoms with Crippen LogP contribution < -0.4 is 10.5 Å². The lowest BCUT2D eigenvalue weighted by Gasteiger charge is -2.15.